The molecule has 3 N–H and O–H groups in total. The molecule has 1 aromatic heterocycles. The summed E-state index contributed by atoms with van der Waals surface area (Å²) in [6, 6.07) is 1.76. The highest BCUT2D eigenvalue weighted by atomic mass is 16.5. The van der Waals surface area contributed by atoms with E-state index < -0.39 is 0 Å². The maximum Gasteiger partial charge on any atom is 0.218 e. The first-order chi connectivity index (χ1) is 9.19. The minimum Gasteiger partial charge on any atom is -0.477 e. The van der Waals surface area contributed by atoms with Crippen molar-refractivity contribution in [1.29, 1.82) is 0 Å². The quantitative estimate of drug-likeness (QED) is 0.632. The molecule has 1 fully saturated rings. The third kappa shape index (κ3) is 4.06. The molecule has 0 bridgehead atoms. The van der Waals surface area contributed by atoms with E-state index in [1.807, 2.05) is 0 Å². The largest absolute Gasteiger partial charge is 0.477 e. The summed E-state index contributed by atoms with van der Waals surface area (Å²) in [5.41, 5.74) is 2.57. The van der Waals surface area contributed by atoms with Crippen LogP contribution in [0.1, 0.15) is 57.7 Å². The van der Waals surface area contributed by atoms with Gasteiger partial charge in [0.25, 0.3) is 0 Å². The normalized spacial score (nSPS) is 16.6. The van der Waals surface area contributed by atoms with Crippen LogP contribution in [0.5, 0.6) is 5.88 Å². The summed E-state index contributed by atoms with van der Waals surface area (Å²) in [6.45, 7) is 4.86. The zero-order valence-corrected chi connectivity index (χ0v) is 11.9. The Morgan fingerprint density at radius 1 is 1.32 bits per heavy atom. The number of nitrogens with zero attached hydrogens (tertiary/aromatic N) is 2. The van der Waals surface area contributed by atoms with Crippen LogP contribution >= 0.6 is 0 Å². The van der Waals surface area contributed by atoms with Crippen LogP contribution in [-0.4, -0.2) is 16.6 Å². The van der Waals surface area contributed by atoms with Gasteiger partial charge in [-0.1, -0.05) is 33.1 Å². The number of nitrogens with one attached hydrogen (secondary N) is 1. The Balaban J connectivity index is 2.00. The summed E-state index contributed by atoms with van der Waals surface area (Å²) < 4.78 is 5.83. The Morgan fingerprint density at radius 3 is 2.68 bits per heavy atom. The third-order valence-corrected chi connectivity index (χ3v) is 3.58. The Bertz CT molecular complexity index is 402. The van der Waals surface area contributed by atoms with E-state index in [9.17, 15) is 0 Å². The number of hydrogen-bond acceptors (Lipinski definition) is 5. The van der Waals surface area contributed by atoms with E-state index in [1.54, 1.807) is 6.07 Å². The lowest BCUT2D eigenvalue weighted by Gasteiger charge is -2.21. The first-order valence-electron chi connectivity index (χ1n) is 7.17. The Labute approximate surface area is 114 Å². The van der Waals surface area contributed by atoms with Crippen molar-refractivity contribution in [3.05, 3.63) is 11.9 Å². The molecule has 0 atom stereocenters. The molecule has 19 heavy (non-hydrogen) atoms. The van der Waals surface area contributed by atoms with Crippen LogP contribution in [0, 0.1) is 5.92 Å². The van der Waals surface area contributed by atoms with Gasteiger partial charge in [-0.25, -0.2) is 10.8 Å². The monoisotopic (exact) mass is 264 g/mol. The molecule has 1 aliphatic carbocycles. The van der Waals surface area contributed by atoms with Gasteiger partial charge in [-0.3, -0.25) is 0 Å². The zero-order chi connectivity index (χ0) is 13.7. The van der Waals surface area contributed by atoms with E-state index in [0.717, 1.165) is 12.4 Å². The second-order valence-corrected chi connectivity index (χ2v) is 5.56. The van der Waals surface area contributed by atoms with Crippen LogP contribution in [0.4, 0.5) is 5.82 Å². The average molecular weight is 264 g/mol. The lowest BCUT2D eigenvalue weighted by molar-refractivity contribution is 0.202. The summed E-state index contributed by atoms with van der Waals surface area (Å²) in [6.07, 6.45) is 6.55. The van der Waals surface area contributed by atoms with Crippen molar-refractivity contribution < 1.29 is 4.74 Å². The number of ether oxygens (including phenoxy) is 1. The number of nitrogens with two attached hydrogens (primary N) is 1. The van der Waals surface area contributed by atoms with Crippen molar-refractivity contribution in [3.8, 4) is 5.88 Å². The number of hydrazine groups is 1. The van der Waals surface area contributed by atoms with Gasteiger partial charge in [0, 0.05) is 12.0 Å². The highest BCUT2D eigenvalue weighted by Gasteiger charge is 2.15. The van der Waals surface area contributed by atoms with Gasteiger partial charge >= 0.3 is 0 Å². The second kappa shape index (κ2) is 6.70. The number of anilines is 1. The summed E-state index contributed by atoms with van der Waals surface area (Å²) in [7, 11) is 0. The third-order valence-electron chi connectivity index (χ3n) is 3.58. The van der Waals surface area contributed by atoms with Crippen LogP contribution < -0.4 is 16.0 Å². The molecule has 1 aliphatic rings. The minimum absolute atomic E-state index is 0.255. The lowest BCUT2D eigenvalue weighted by atomic mass is 9.90. The summed E-state index contributed by atoms with van der Waals surface area (Å²) in [5, 5.41) is 0. The van der Waals surface area contributed by atoms with Crippen molar-refractivity contribution in [2.45, 2.75) is 51.9 Å². The molecule has 0 saturated heterocycles. The Morgan fingerprint density at radius 2 is 2.05 bits per heavy atom. The van der Waals surface area contributed by atoms with Gasteiger partial charge in [0.15, 0.2) is 0 Å². The highest BCUT2D eigenvalue weighted by Crippen LogP contribution is 2.25. The number of aromatic nitrogens is 2. The van der Waals surface area contributed by atoms with Crippen molar-refractivity contribution in [2.75, 3.05) is 12.0 Å². The number of rotatable bonds is 5. The van der Waals surface area contributed by atoms with Gasteiger partial charge in [0.1, 0.15) is 11.6 Å². The first-order valence-corrected chi connectivity index (χ1v) is 7.17. The van der Waals surface area contributed by atoms with E-state index >= 15 is 0 Å². The van der Waals surface area contributed by atoms with Gasteiger partial charge in [-0.2, -0.15) is 4.98 Å². The smallest absolute Gasteiger partial charge is 0.218 e. The molecule has 1 heterocycles. The highest BCUT2D eigenvalue weighted by molar-refractivity contribution is 5.37. The van der Waals surface area contributed by atoms with E-state index in [2.05, 4.69) is 29.2 Å². The molecule has 0 amide bonds. The van der Waals surface area contributed by atoms with E-state index in [-0.39, 0.29) is 5.92 Å². The molecule has 5 heteroatoms. The molecule has 5 nitrogen and oxygen atoms in total. The maximum absolute atomic E-state index is 5.83. The lowest BCUT2D eigenvalue weighted by Crippen LogP contribution is -2.17. The maximum atomic E-state index is 5.83. The average Bonchev–Trinajstić information content (AvgIpc) is 2.45. The van der Waals surface area contributed by atoms with Gasteiger partial charge in [-0.05, 0) is 18.8 Å². The predicted octanol–water partition coefficient (Wildman–Crippen LogP) is 2.84. The van der Waals surface area contributed by atoms with Crippen molar-refractivity contribution in [1.82, 2.24) is 9.97 Å². The first kappa shape index (κ1) is 14.1. The van der Waals surface area contributed by atoms with Crippen molar-refractivity contribution in [3.63, 3.8) is 0 Å². The molecule has 0 aliphatic heterocycles. The number of nitrogen functional groups attached to an aromatic ring is 1. The molecule has 106 valence electrons. The van der Waals surface area contributed by atoms with Crippen LogP contribution in [0.15, 0.2) is 6.07 Å². The Hall–Kier alpha value is -1.36. The molecular formula is C14H24N4O. The van der Waals surface area contributed by atoms with Gasteiger partial charge in [0.05, 0.1) is 6.61 Å². The summed E-state index contributed by atoms with van der Waals surface area (Å²) >= 11 is 0. The minimum atomic E-state index is 0.255. The summed E-state index contributed by atoms with van der Waals surface area (Å²) in [5.74, 6) is 8.34. The molecule has 2 rings (SSSR count). The van der Waals surface area contributed by atoms with Crippen molar-refractivity contribution in [2.24, 2.45) is 11.8 Å². The van der Waals surface area contributed by atoms with Gasteiger partial charge in [0.2, 0.25) is 5.88 Å². The van der Waals surface area contributed by atoms with Gasteiger partial charge < -0.3 is 10.2 Å². The molecule has 0 aromatic carbocycles. The fourth-order valence-corrected chi connectivity index (χ4v) is 2.41. The van der Waals surface area contributed by atoms with Gasteiger partial charge in [-0.15, -0.1) is 0 Å². The zero-order valence-electron chi connectivity index (χ0n) is 11.9. The van der Waals surface area contributed by atoms with Crippen LogP contribution in [0.3, 0.4) is 0 Å². The topological polar surface area (TPSA) is 73.1 Å². The Kier molecular flexibility index (Phi) is 4.96. The number of hydrogen-bond donors (Lipinski definition) is 2. The molecule has 0 radical (unpaired) electrons. The van der Waals surface area contributed by atoms with Crippen LogP contribution in [0.2, 0.25) is 0 Å². The molecule has 0 spiro atoms. The van der Waals surface area contributed by atoms with E-state index in [4.69, 9.17) is 10.6 Å². The van der Waals surface area contributed by atoms with E-state index in [0.29, 0.717) is 17.6 Å². The standard InChI is InChI=1S/C14H24N4O/c1-10(2)14-16-12(18-15)8-13(17-14)19-9-11-6-4-3-5-7-11/h8,10-11H,3-7,9,15H2,1-2H3,(H,16,17,18). The van der Waals surface area contributed by atoms with Crippen molar-refractivity contribution >= 4 is 5.82 Å². The van der Waals surface area contributed by atoms with Crippen LogP contribution in [-0.2, 0) is 0 Å². The predicted molar refractivity (Wildman–Crippen MR) is 76.0 cm³/mol. The summed E-state index contributed by atoms with van der Waals surface area (Å²) in [4.78, 5) is 8.76. The fourth-order valence-electron chi connectivity index (χ4n) is 2.41. The SMILES string of the molecule is CC(C)c1nc(NN)cc(OCC2CCCCC2)n1. The molecule has 1 saturated carbocycles. The molecule has 1 aromatic rings. The fraction of sp³-hybridized carbons (Fsp3) is 0.714. The van der Waals surface area contributed by atoms with Crippen LogP contribution in [0.25, 0.3) is 0 Å². The van der Waals surface area contributed by atoms with E-state index in [1.165, 1.54) is 32.1 Å². The molecular weight excluding hydrogens is 240 g/mol. The molecule has 0 unspecified atom stereocenters. The second-order valence-electron chi connectivity index (χ2n) is 5.56.